The Morgan fingerprint density at radius 1 is 1.04 bits per heavy atom. The van der Waals surface area contributed by atoms with Gasteiger partial charge in [0.1, 0.15) is 17.3 Å². The molecule has 0 radical (unpaired) electrons. The Balaban J connectivity index is 1.51. The molecule has 2 heterocycles. The van der Waals surface area contributed by atoms with Crippen molar-refractivity contribution in [2.45, 2.75) is 18.9 Å². The highest BCUT2D eigenvalue weighted by atomic mass is 35.5. The molecular formula is C21H20ClN3O2. The average molecular weight is 382 g/mol. The van der Waals surface area contributed by atoms with Gasteiger partial charge in [0.05, 0.1) is 25.5 Å². The van der Waals surface area contributed by atoms with Crippen LogP contribution in [0.4, 0.5) is 5.82 Å². The SMILES string of the molecule is COc1cccc([C@H]2CCCN2c2cnc(Oc3ccc(Cl)cc3)cn2)c1. The number of methoxy groups -OCH3 is 1. The van der Waals surface area contributed by atoms with Crippen LogP contribution in [0.3, 0.4) is 0 Å². The van der Waals surface area contributed by atoms with Crippen LogP contribution in [0.5, 0.6) is 17.4 Å². The molecule has 0 saturated carbocycles. The number of hydrogen-bond acceptors (Lipinski definition) is 5. The summed E-state index contributed by atoms with van der Waals surface area (Å²) in [6.07, 6.45) is 5.62. The summed E-state index contributed by atoms with van der Waals surface area (Å²) in [5, 5.41) is 0.668. The minimum Gasteiger partial charge on any atom is -0.497 e. The number of aromatic nitrogens is 2. The molecule has 1 atom stereocenters. The van der Waals surface area contributed by atoms with Crippen LogP contribution in [0, 0.1) is 0 Å². The van der Waals surface area contributed by atoms with E-state index in [1.54, 1.807) is 43.8 Å². The van der Waals surface area contributed by atoms with Crippen molar-refractivity contribution in [2.24, 2.45) is 0 Å². The van der Waals surface area contributed by atoms with Gasteiger partial charge in [-0.3, -0.25) is 0 Å². The molecule has 0 amide bonds. The predicted octanol–water partition coefficient (Wildman–Crippen LogP) is 5.27. The van der Waals surface area contributed by atoms with Gasteiger partial charge in [-0.25, -0.2) is 9.97 Å². The number of nitrogens with zero attached hydrogens (tertiary/aromatic N) is 3. The van der Waals surface area contributed by atoms with E-state index in [9.17, 15) is 0 Å². The van der Waals surface area contributed by atoms with Gasteiger partial charge in [-0.2, -0.15) is 0 Å². The van der Waals surface area contributed by atoms with E-state index in [-0.39, 0.29) is 6.04 Å². The van der Waals surface area contributed by atoms with Crippen LogP contribution in [-0.2, 0) is 0 Å². The zero-order valence-corrected chi connectivity index (χ0v) is 15.8. The Kier molecular flexibility index (Phi) is 5.12. The number of rotatable bonds is 5. The molecule has 1 saturated heterocycles. The maximum Gasteiger partial charge on any atom is 0.237 e. The molecular weight excluding hydrogens is 362 g/mol. The smallest absolute Gasteiger partial charge is 0.237 e. The van der Waals surface area contributed by atoms with Crippen molar-refractivity contribution in [3.8, 4) is 17.4 Å². The van der Waals surface area contributed by atoms with Gasteiger partial charge >= 0.3 is 0 Å². The Morgan fingerprint density at radius 3 is 2.63 bits per heavy atom. The van der Waals surface area contributed by atoms with Crippen molar-refractivity contribution >= 4 is 17.4 Å². The molecule has 0 unspecified atom stereocenters. The summed E-state index contributed by atoms with van der Waals surface area (Å²) in [5.74, 6) is 2.86. The van der Waals surface area contributed by atoms with Crippen LogP contribution in [0.25, 0.3) is 0 Å². The minimum absolute atomic E-state index is 0.275. The van der Waals surface area contributed by atoms with Gasteiger partial charge in [0.15, 0.2) is 0 Å². The molecule has 2 aromatic carbocycles. The lowest BCUT2D eigenvalue weighted by Crippen LogP contribution is -2.23. The summed E-state index contributed by atoms with van der Waals surface area (Å²) < 4.78 is 11.1. The van der Waals surface area contributed by atoms with Crippen LogP contribution < -0.4 is 14.4 Å². The first-order chi connectivity index (χ1) is 13.2. The number of benzene rings is 2. The highest BCUT2D eigenvalue weighted by molar-refractivity contribution is 6.30. The van der Waals surface area contributed by atoms with E-state index in [2.05, 4.69) is 27.0 Å². The fraction of sp³-hybridized carbons (Fsp3) is 0.238. The highest BCUT2D eigenvalue weighted by Gasteiger charge is 2.27. The molecule has 6 heteroatoms. The lowest BCUT2D eigenvalue weighted by molar-refractivity contribution is 0.414. The maximum absolute atomic E-state index is 5.89. The van der Waals surface area contributed by atoms with E-state index < -0.39 is 0 Å². The molecule has 1 aliphatic rings. The van der Waals surface area contributed by atoms with Crippen molar-refractivity contribution in [1.82, 2.24) is 9.97 Å². The van der Waals surface area contributed by atoms with E-state index in [0.717, 1.165) is 31.0 Å². The average Bonchev–Trinajstić information content (AvgIpc) is 3.20. The third-order valence-electron chi connectivity index (χ3n) is 4.68. The summed E-state index contributed by atoms with van der Waals surface area (Å²) in [6, 6.07) is 15.7. The molecule has 138 valence electrons. The molecule has 27 heavy (non-hydrogen) atoms. The van der Waals surface area contributed by atoms with Gasteiger partial charge in [-0.05, 0) is 54.8 Å². The molecule has 0 N–H and O–H groups in total. The summed E-state index contributed by atoms with van der Waals surface area (Å²) in [5.41, 5.74) is 1.23. The second-order valence-corrected chi connectivity index (χ2v) is 6.83. The van der Waals surface area contributed by atoms with Crippen molar-refractivity contribution < 1.29 is 9.47 Å². The lowest BCUT2D eigenvalue weighted by atomic mass is 10.0. The van der Waals surface area contributed by atoms with Gasteiger partial charge in [0.2, 0.25) is 5.88 Å². The molecule has 1 fully saturated rings. The summed E-state index contributed by atoms with van der Waals surface area (Å²) in [4.78, 5) is 11.3. The molecule has 1 aliphatic heterocycles. The molecule has 0 bridgehead atoms. The monoisotopic (exact) mass is 381 g/mol. The van der Waals surface area contributed by atoms with Crippen LogP contribution in [-0.4, -0.2) is 23.6 Å². The Bertz CT molecular complexity index is 900. The van der Waals surface area contributed by atoms with Crippen molar-refractivity contribution in [3.05, 3.63) is 71.5 Å². The van der Waals surface area contributed by atoms with Gasteiger partial charge in [-0.15, -0.1) is 0 Å². The van der Waals surface area contributed by atoms with Crippen molar-refractivity contribution in [2.75, 3.05) is 18.6 Å². The first-order valence-electron chi connectivity index (χ1n) is 8.89. The molecule has 5 nitrogen and oxygen atoms in total. The van der Waals surface area contributed by atoms with Crippen LogP contribution in [0.15, 0.2) is 60.9 Å². The molecule has 1 aromatic heterocycles. The molecule has 4 rings (SSSR count). The Labute approximate surface area is 163 Å². The Hall–Kier alpha value is -2.79. The van der Waals surface area contributed by atoms with Crippen LogP contribution >= 0.6 is 11.6 Å². The normalized spacial score (nSPS) is 16.4. The maximum atomic E-state index is 5.89. The summed E-state index contributed by atoms with van der Waals surface area (Å²) >= 11 is 5.89. The number of anilines is 1. The predicted molar refractivity (Wildman–Crippen MR) is 106 cm³/mol. The van der Waals surface area contributed by atoms with Gasteiger partial charge < -0.3 is 14.4 Å². The number of halogens is 1. The van der Waals surface area contributed by atoms with E-state index in [1.165, 1.54) is 5.56 Å². The first kappa shape index (κ1) is 17.6. The molecule has 3 aromatic rings. The second kappa shape index (κ2) is 7.84. The van der Waals surface area contributed by atoms with Crippen molar-refractivity contribution in [1.29, 1.82) is 0 Å². The minimum atomic E-state index is 0.275. The quantitative estimate of drug-likeness (QED) is 0.602. The van der Waals surface area contributed by atoms with Gasteiger partial charge in [-0.1, -0.05) is 23.7 Å². The van der Waals surface area contributed by atoms with E-state index >= 15 is 0 Å². The lowest BCUT2D eigenvalue weighted by Gasteiger charge is -2.26. The van der Waals surface area contributed by atoms with Crippen molar-refractivity contribution in [3.63, 3.8) is 0 Å². The largest absolute Gasteiger partial charge is 0.497 e. The van der Waals surface area contributed by atoms with Crippen LogP contribution in [0.1, 0.15) is 24.4 Å². The van der Waals surface area contributed by atoms with E-state index in [1.807, 2.05) is 12.1 Å². The Morgan fingerprint density at radius 2 is 1.89 bits per heavy atom. The number of ether oxygens (including phenoxy) is 2. The molecule has 0 aliphatic carbocycles. The standard InChI is InChI=1S/C21H20ClN3O2/c1-26-18-5-2-4-15(12-18)19-6-3-11-25(19)20-13-24-21(14-23-20)27-17-9-7-16(22)8-10-17/h2,4-5,7-10,12-14,19H,3,6,11H2,1H3/t19-/m1/s1. The third kappa shape index (κ3) is 3.98. The summed E-state index contributed by atoms with van der Waals surface area (Å²) in [7, 11) is 1.69. The zero-order chi connectivity index (χ0) is 18.6. The van der Waals surface area contributed by atoms with E-state index in [4.69, 9.17) is 21.1 Å². The summed E-state index contributed by atoms with van der Waals surface area (Å²) in [6.45, 7) is 0.952. The third-order valence-corrected chi connectivity index (χ3v) is 4.93. The second-order valence-electron chi connectivity index (χ2n) is 6.40. The fourth-order valence-corrected chi connectivity index (χ4v) is 3.50. The van der Waals surface area contributed by atoms with Crippen LogP contribution in [0.2, 0.25) is 5.02 Å². The zero-order valence-electron chi connectivity index (χ0n) is 15.0. The first-order valence-corrected chi connectivity index (χ1v) is 9.27. The highest BCUT2D eigenvalue weighted by Crippen LogP contribution is 2.36. The topological polar surface area (TPSA) is 47.5 Å². The van der Waals surface area contributed by atoms with Gasteiger partial charge in [0, 0.05) is 11.6 Å². The molecule has 0 spiro atoms. The van der Waals surface area contributed by atoms with E-state index in [0.29, 0.717) is 16.7 Å². The van der Waals surface area contributed by atoms with Gasteiger partial charge in [0.25, 0.3) is 0 Å². The fourth-order valence-electron chi connectivity index (χ4n) is 3.37. The number of hydrogen-bond donors (Lipinski definition) is 0.